The minimum atomic E-state index is 0.131. The molecule has 0 N–H and O–H groups in total. The van der Waals surface area contributed by atoms with Gasteiger partial charge in [-0.15, -0.1) is 0 Å². The van der Waals surface area contributed by atoms with E-state index in [4.69, 9.17) is 4.74 Å². The average molecular weight is 258 g/mol. The molecule has 1 aromatic carbocycles. The molecular weight excluding hydrogens is 232 g/mol. The summed E-state index contributed by atoms with van der Waals surface area (Å²) in [7, 11) is 0. The van der Waals surface area contributed by atoms with Crippen LogP contribution < -0.4 is 0 Å². The maximum atomic E-state index is 5.93. The highest BCUT2D eigenvalue weighted by Crippen LogP contribution is 2.44. The van der Waals surface area contributed by atoms with E-state index < -0.39 is 0 Å². The molecule has 1 aliphatic rings. The Morgan fingerprint density at radius 3 is 2.05 bits per heavy atom. The van der Waals surface area contributed by atoms with E-state index >= 15 is 0 Å². The van der Waals surface area contributed by atoms with E-state index in [-0.39, 0.29) is 10.8 Å². The Hall–Kier alpha value is -1.08. The van der Waals surface area contributed by atoms with Crippen LogP contribution in [0.1, 0.15) is 52.7 Å². The molecule has 0 radical (unpaired) electrons. The lowest BCUT2D eigenvalue weighted by Gasteiger charge is -2.33. The van der Waals surface area contributed by atoms with Crippen LogP contribution in [0.4, 0.5) is 0 Å². The highest BCUT2D eigenvalue weighted by Gasteiger charge is 2.31. The summed E-state index contributed by atoms with van der Waals surface area (Å²) in [5.74, 6) is 0. The van der Waals surface area contributed by atoms with Crippen LogP contribution in [-0.4, -0.2) is 6.61 Å². The molecule has 19 heavy (non-hydrogen) atoms. The van der Waals surface area contributed by atoms with Gasteiger partial charge in [0.05, 0.1) is 13.2 Å². The van der Waals surface area contributed by atoms with E-state index in [2.05, 4.69) is 65.8 Å². The summed E-state index contributed by atoms with van der Waals surface area (Å²) >= 11 is 0. The normalized spacial score (nSPS) is 17.2. The summed E-state index contributed by atoms with van der Waals surface area (Å²) in [5.41, 5.74) is 5.86. The smallest absolute Gasteiger partial charge is 0.0727 e. The van der Waals surface area contributed by atoms with E-state index in [9.17, 15) is 0 Å². The van der Waals surface area contributed by atoms with Crippen LogP contribution in [0.15, 0.2) is 29.8 Å². The predicted octanol–water partition coefficient (Wildman–Crippen LogP) is 5.06. The molecule has 1 aromatic rings. The van der Waals surface area contributed by atoms with Gasteiger partial charge in [0.2, 0.25) is 0 Å². The number of benzene rings is 1. The van der Waals surface area contributed by atoms with Crippen LogP contribution in [-0.2, 0) is 11.3 Å². The van der Waals surface area contributed by atoms with Crippen molar-refractivity contribution >= 4 is 5.57 Å². The number of fused-ring (bicyclic) bond motifs is 1. The first-order valence-electron chi connectivity index (χ1n) is 7.11. The van der Waals surface area contributed by atoms with Gasteiger partial charge in [0.15, 0.2) is 0 Å². The van der Waals surface area contributed by atoms with Crippen LogP contribution in [0.2, 0.25) is 0 Å². The highest BCUT2D eigenvalue weighted by atomic mass is 16.5. The molecule has 0 aromatic heterocycles. The van der Waals surface area contributed by atoms with Crippen molar-refractivity contribution in [3.63, 3.8) is 0 Å². The van der Waals surface area contributed by atoms with Gasteiger partial charge in [-0.05, 0) is 33.1 Å². The Bertz CT molecular complexity index is 495. The summed E-state index contributed by atoms with van der Waals surface area (Å²) in [6.07, 6.45) is 0. The van der Waals surface area contributed by atoms with E-state index in [1.165, 1.54) is 22.3 Å². The molecule has 1 heterocycles. The van der Waals surface area contributed by atoms with Crippen molar-refractivity contribution in [3.05, 3.63) is 41.0 Å². The molecule has 0 spiro atoms. The Morgan fingerprint density at radius 2 is 1.47 bits per heavy atom. The van der Waals surface area contributed by atoms with Crippen molar-refractivity contribution in [3.8, 4) is 0 Å². The summed E-state index contributed by atoms with van der Waals surface area (Å²) in [4.78, 5) is 0. The first kappa shape index (κ1) is 14.3. The van der Waals surface area contributed by atoms with Gasteiger partial charge in [-0.25, -0.2) is 0 Å². The first-order valence-corrected chi connectivity index (χ1v) is 7.11. The van der Waals surface area contributed by atoms with Crippen molar-refractivity contribution in [1.29, 1.82) is 0 Å². The quantitative estimate of drug-likeness (QED) is 0.632. The van der Waals surface area contributed by atoms with Gasteiger partial charge in [-0.2, -0.15) is 0 Å². The van der Waals surface area contributed by atoms with Crippen LogP contribution in [0.3, 0.4) is 0 Å². The van der Waals surface area contributed by atoms with E-state index in [0.29, 0.717) is 0 Å². The van der Waals surface area contributed by atoms with Gasteiger partial charge in [0, 0.05) is 0 Å². The molecule has 1 heteroatoms. The fourth-order valence-corrected chi connectivity index (χ4v) is 2.84. The molecule has 0 fully saturated rings. The molecule has 0 saturated heterocycles. The second-order valence-corrected chi connectivity index (χ2v) is 7.50. The van der Waals surface area contributed by atoms with Gasteiger partial charge < -0.3 is 4.74 Å². The lowest BCUT2D eigenvalue weighted by Crippen LogP contribution is -2.21. The number of hydrogen-bond acceptors (Lipinski definition) is 1. The SMILES string of the molecule is CC(C)(C)C1=C(C(C)(C)C)c2ccccc2COC1. The molecule has 1 aliphatic heterocycles. The lowest BCUT2D eigenvalue weighted by atomic mass is 9.72. The van der Waals surface area contributed by atoms with Gasteiger partial charge in [-0.1, -0.05) is 65.8 Å². The lowest BCUT2D eigenvalue weighted by molar-refractivity contribution is 0.133. The molecule has 1 nitrogen and oxygen atoms in total. The number of rotatable bonds is 0. The summed E-state index contributed by atoms with van der Waals surface area (Å²) < 4.78 is 5.93. The van der Waals surface area contributed by atoms with Crippen molar-refractivity contribution in [1.82, 2.24) is 0 Å². The Balaban J connectivity index is 2.74. The van der Waals surface area contributed by atoms with Gasteiger partial charge >= 0.3 is 0 Å². The van der Waals surface area contributed by atoms with Crippen molar-refractivity contribution in [2.75, 3.05) is 6.61 Å². The van der Waals surface area contributed by atoms with Crippen molar-refractivity contribution < 1.29 is 4.74 Å². The Kier molecular flexibility index (Phi) is 3.61. The molecule has 104 valence electrons. The fraction of sp³-hybridized carbons (Fsp3) is 0.556. The van der Waals surface area contributed by atoms with E-state index in [1.54, 1.807) is 0 Å². The summed E-state index contributed by atoms with van der Waals surface area (Å²) in [5, 5.41) is 0. The van der Waals surface area contributed by atoms with Crippen LogP contribution >= 0.6 is 0 Å². The maximum Gasteiger partial charge on any atom is 0.0727 e. The molecule has 0 amide bonds. The summed E-state index contributed by atoms with van der Waals surface area (Å²) in [6, 6.07) is 8.67. The average Bonchev–Trinajstić information content (AvgIpc) is 2.46. The van der Waals surface area contributed by atoms with E-state index in [1.807, 2.05) is 0 Å². The van der Waals surface area contributed by atoms with Gasteiger partial charge in [-0.3, -0.25) is 0 Å². The number of ether oxygens (including phenoxy) is 1. The Labute approximate surface area is 117 Å². The molecule has 2 rings (SSSR count). The zero-order valence-corrected chi connectivity index (χ0v) is 13.1. The predicted molar refractivity (Wildman–Crippen MR) is 81.9 cm³/mol. The standard InChI is InChI=1S/C18H26O/c1-17(2,3)15-12-19-11-13-9-7-8-10-14(13)16(15)18(4,5)6/h7-10H,11-12H2,1-6H3. The van der Waals surface area contributed by atoms with Gasteiger partial charge in [0.1, 0.15) is 0 Å². The third-order valence-corrected chi connectivity index (χ3v) is 3.75. The molecule has 0 atom stereocenters. The molecule has 0 bridgehead atoms. The third kappa shape index (κ3) is 2.92. The Morgan fingerprint density at radius 1 is 0.842 bits per heavy atom. The second-order valence-electron chi connectivity index (χ2n) is 7.50. The third-order valence-electron chi connectivity index (χ3n) is 3.75. The minimum Gasteiger partial charge on any atom is -0.372 e. The van der Waals surface area contributed by atoms with Crippen LogP contribution in [0.25, 0.3) is 5.57 Å². The number of hydrogen-bond donors (Lipinski definition) is 0. The summed E-state index contributed by atoms with van der Waals surface area (Å²) in [6.45, 7) is 15.2. The zero-order valence-electron chi connectivity index (χ0n) is 13.1. The number of allylic oxidation sites excluding steroid dienone is 1. The second kappa shape index (κ2) is 4.79. The van der Waals surface area contributed by atoms with Crippen molar-refractivity contribution in [2.24, 2.45) is 10.8 Å². The monoisotopic (exact) mass is 258 g/mol. The zero-order chi connectivity index (χ0) is 14.3. The molecule has 0 saturated carbocycles. The molecule has 0 unspecified atom stereocenters. The highest BCUT2D eigenvalue weighted by molar-refractivity contribution is 5.76. The molecule has 0 aliphatic carbocycles. The van der Waals surface area contributed by atoms with Crippen LogP contribution in [0, 0.1) is 10.8 Å². The topological polar surface area (TPSA) is 9.23 Å². The largest absolute Gasteiger partial charge is 0.372 e. The van der Waals surface area contributed by atoms with Crippen LogP contribution in [0.5, 0.6) is 0 Å². The molecular formula is C18H26O. The minimum absolute atomic E-state index is 0.131. The van der Waals surface area contributed by atoms with Gasteiger partial charge in [0.25, 0.3) is 0 Å². The van der Waals surface area contributed by atoms with Crippen molar-refractivity contribution in [2.45, 2.75) is 48.1 Å². The first-order chi connectivity index (χ1) is 8.71. The van der Waals surface area contributed by atoms with E-state index in [0.717, 1.165) is 13.2 Å². The fourth-order valence-electron chi connectivity index (χ4n) is 2.84. The maximum absolute atomic E-state index is 5.93.